The number of rotatable bonds is 2. The molecule has 5 heteroatoms. The Hall–Kier alpha value is -0.650. The van der Waals surface area contributed by atoms with Crippen LogP contribution >= 0.6 is 0 Å². The minimum Gasteiger partial charge on any atom is -0.392 e. The van der Waals surface area contributed by atoms with Gasteiger partial charge in [-0.3, -0.25) is 9.69 Å². The van der Waals surface area contributed by atoms with E-state index in [1.807, 2.05) is 4.90 Å². The van der Waals surface area contributed by atoms with E-state index in [9.17, 15) is 9.90 Å². The van der Waals surface area contributed by atoms with Crippen LogP contribution in [0.2, 0.25) is 0 Å². The van der Waals surface area contributed by atoms with E-state index < -0.39 is 0 Å². The number of amides is 1. The van der Waals surface area contributed by atoms with Crippen molar-refractivity contribution in [3.05, 3.63) is 0 Å². The molecule has 3 aliphatic rings. The van der Waals surface area contributed by atoms with Crippen LogP contribution in [0, 0.1) is 0 Å². The number of nitrogens with one attached hydrogen (secondary N) is 1. The topological polar surface area (TPSA) is 55.8 Å². The Morgan fingerprint density at radius 1 is 1.11 bits per heavy atom. The highest BCUT2D eigenvalue weighted by Gasteiger charge is 2.34. The smallest absolute Gasteiger partial charge is 0.239 e. The molecule has 108 valence electrons. The lowest BCUT2D eigenvalue weighted by Crippen LogP contribution is -2.54. The van der Waals surface area contributed by atoms with Gasteiger partial charge in [-0.05, 0) is 19.3 Å². The average Bonchev–Trinajstić information content (AvgIpc) is 3.09. The van der Waals surface area contributed by atoms with Gasteiger partial charge in [-0.25, -0.2) is 0 Å². The van der Waals surface area contributed by atoms with E-state index in [-0.39, 0.29) is 18.1 Å². The normalized spacial score (nSPS) is 34.1. The predicted octanol–water partition coefficient (Wildman–Crippen LogP) is -0.204. The molecule has 5 nitrogen and oxygen atoms in total. The Bertz CT molecular complexity index is 323. The van der Waals surface area contributed by atoms with E-state index in [0.717, 1.165) is 32.2 Å². The lowest BCUT2D eigenvalue weighted by atomic mass is 10.1. The molecule has 0 bridgehead atoms. The molecule has 1 amide bonds. The summed E-state index contributed by atoms with van der Waals surface area (Å²) in [4.78, 5) is 16.8. The van der Waals surface area contributed by atoms with Gasteiger partial charge >= 0.3 is 0 Å². The van der Waals surface area contributed by atoms with Gasteiger partial charge in [-0.1, -0.05) is 12.8 Å². The van der Waals surface area contributed by atoms with Crippen molar-refractivity contribution in [2.75, 3.05) is 32.7 Å². The van der Waals surface area contributed by atoms with Crippen molar-refractivity contribution < 1.29 is 9.90 Å². The molecule has 2 atom stereocenters. The third kappa shape index (κ3) is 2.93. The van der Waals surface area contributed by atoms with Crippen LogP contribution in [0.4, 0.5) is 0 Å². The van der Waals surface area contributed by atoms with Gasteiger partial charge in [-0.15, -0.1) is 0 Å². The van der Waals surface area contributed by atoms with Crippen LogP contribution in [-0.4, -0.2) is 71.7 Å². The zero-order chi connectivity index (χ0) is 13.2. The second kappa shape index (κ2) is 5.77. The molecular formula is C14H25N3O2. The van der Waals surface area contributed by atoms with Crippen LogP contribution in [-0.2, 0) is 4.79 Å². The van der Waals surface area contributed by atoms with Gasteiger partial charge in [0.2, 0.25) is 5.91 Å². The van der Waals surface area contributed by atoms with E-state index >= 15 is 0 Å². The quantitative estimate of drug-likeness (QED) is 0.727. The molecule has 2 heterocycles. The summed E-state index contributed by atoms with van der Waals surface area (Å²) in [5.41, 5.74) is 0. The minimum absolute atomic E-state index is 0.159. The van der Waals surface area contributed by atoms with Crippen LogP contribution in [0.3, 0.4) is 0 Å². The van der Waals surface area contributed by atoms with E-state index in [1.54, 1.807) is 0 Å². The number of piperazine rings is 1. The lowest BCUT2D eigenvalue weighted by Gasteiger charge is -2.38. The first kappa shape index (κ1) is 13.3. The van der Waals surface area contributed by atoms with E-state index in [0.29, 0.717) is 13.0 Å². The molecule has 19 heavy (non-hydrogen) atoms. The summed E-state index contributed by atoms with van der Waals surface area (Å²) in [6.45, 7) is 4.29. The van der Waals surface area contributed by atoms with Crippen LogP contribution in [0.15, 0.2) is 0 Å². The van der Waals surface area contributed by atoms with Crippen molar-refractivity contribution in [2.45, 2.75) is 50.3 Å². The molecule has 0 aromatic heterocycles. The molecule has 3 fully saturated rings. The van der Waals surface area contributed by atoms with Gasteiger partial charge in [-0.2, -0.15) is 0 Å². The Balaban J connectivity index is 1.48. The molecule has 0 spiro atoms. The van der Waals surface area contributed by atoms with Gasteiger partial charge in [0.25, 0.3) is 0 Å². The van der Waals surface area contributed by atoms with Crippen molar-refractivity contribution in [2.24, 2.45) is 0 Å². The predicted molar refractivity (Wildman–Crippen MR) is 72.8 cm³/mol. The summed E-state index contributed by atoms with van der Waals surface area (Å²) in [6.07, 6.45) is 5.63. The van der Waals surface area contributed by atoms with Crippen LogP contribution in [0.5, 0.6) is 0 Å². The van der Waals surface area contributed by atoms with Crippen molar-refractivity contribution in [3.8, 4) is 0 Å². The van der Waals surface area contributed by atoms with Gasteiger partial charge < -0.3 is 15.3 Å². The van der Waals surface area contributed by atoms with Crippen molar-refractivity contribution in [1.29, 1.82) is 0 Å². The molecule has 3 rings (SSSR count). The molecule has 1 aliphatic carbocycles. The molecular weight excluding hydrogens is 242 g/mol. The fourth-order valence-electron chi connectivity index (χ4n) is 3.70. The zero-order valence-corrected chi connectivity index (χ0v) is 11.6. The zero-order valence-electron chi connectivity index (χ0n) is 11.6. The summed E-state index contributed by atoms with van der Waals surface area (Å²) in [7, 11) is 0. The highest BCUT2D eigenvalue weighted by atomic mass is 16.3. The van der Waals surface area contributed by atoms with Gasteiger partial charge in [0.15, 0.2) is 0 Å². The van der Waals surface area contributed by atoms with Gasteiger partial charge in [0.1, 0.15) is 0 Å². The number of hydrogen-bond acceptors (Lipinski definition) is 4. The third-order valence-electron chi connectivity index (χ3n) is 4.87. The first-order valence-electron chi connectivity index (χ1n) is 7.68. The summed E-state index contributed by atoms with van der Waals surface area (Å²) in [5.74, 6) is 0.183. The van der Waals surface area contributed by atoms with E-state index in [2.05, 4.69) is 10.2 Å². The molecule has 2 saturated heterocycles. The lowest BCUT2D eigenvalue weighted by molar-refractivity contribution is -0.135. The number of aliphatic hydroxyl groups is 1. The summed E-state index contributed by atoms with van der Waals surface area (Å²) >= 11 is 0. The molecule has 0 aromatic rings. The number of β-amino-alcohol motifs (C(OH)–C–C–N with tert-alkyl or cyclic N) is 1. The minimum atomic E-state index is -0.353. The highest BCUT2D eigenvalue weighted by molar-refractivity contribution is 5.82. The Kier molecular flexibility index (Phi) is 4.05. The number of carbonyl (C=O) groups is 1. The Morgan fingerprint density at radius 2 is 1.79 bits per heavy atom. The first-order chi connectivity index (χ1) is 9.24. The third-order valence-corrected chi connectivity index (χ3v) is 4.87. The number of hydrogen-bond donors (Lipinski definition) is 2. The van der Waals surface area contributed by atoms with Crippen LogP contribution in [0.1, 0.15) is 32.1 Å². The fourth-order valence-corrected chi connectivity index (χ4v) is 3.70. The van der Waals surface area contributed by atoms with E-state index in [1.165, 1.54) is 25.7 Å². The second-order valence-corrected chi connectivity index (χ2v) is 6.15. The maximum Gasteiger partial charge on any atom is 0.239 e. The van der Waals surface area contributed by atoms with Gasteiger partial charge in [0.05, 0.1) is 12.1 Å². The fraction of sp³-hybridized carbons (Fsp3) is 0.929. The molecule has 2 N–H and O–H groups in total. The van der Waals surface area contributed by atoms with E-state index in [4.69, 9.17) is 0 Å². The Labute approximate surface area is 114 Å². The standard InChI is InChI=1S/C14H25N3O2/c18-12-9-13(15-10-12)14(19)17-7-5-16(6-8-17)11-3-1-2-4-11/h11-13,15,18H,1-10H2/t12-,13-/m1/s1. The SMILES string of the molecule is O=C([C@H]1C[C@@H](O)CN1)N1CCN(C2CCCC2)CC1. The van der Waals surface area contributed by atoms with Crippen molar-refractivity contribution in [3.63, 3.8) is 0 Å². The van der Waals surface area contributed by atoms with Crippen LogP contribution < -0.4 is 5.32 Å². The monoisotopic (exact) mass is 267 g/mol. The van der Waals surface area contributed by atoms with Crippen LogP contribution in [0.25, 0.3) is 0 Å². The summed E-state index contributed by atoms with van der Waals surface area (Å²) in [6, 6.07) is 0.608. The first-order valence-corrected chi connectivity index (χ1v) is 7.68. The maximum absolute atomic E-state index is 12.3. The largest absolute Gasteiger partial charge is 0.392 e. The highest BCUT2D eigenvalue weighted by Crippen LogP contribution is 2.24. The molecule has 0 aromatic carbocycles. The van der Waals surface area contributed by atoms with Crippen molar-refractivity contribution in [1.82, 2.24) is 15.1 Å². The summed E-state index contributed by atoms with van der Waals surface area (Å²) in [5, 5.41) is 12.6. The number of aliphatic hydroxyl groups excluding tert-OH is 1. The molecule has 1 saturated carbocycles. The number of nitrogens with zero attached hydrogens (tertiary/aromatic N) is 2. The Morgan fingerprint density at radius 3 is 2.37 bits per heavy atom. The maximum atomic E-state index is 12.3. The average molecular weight is 267 g/mol. The van der Waals surface area contributed by atoms with Gasteiger partial charge in [0, 0.05) is 38.8 Å². The molecule has 2 aliphatic heterocycles. The molecule has 0 radical (unpaired) electrons. The second-order valence-electron chi connectivity index (χ2n) is 6.15. The number of carbonyl (C=O) groups excluding carboxylic acids is 1. The molecule has 0 unspecified atom stereocenters. The van der Waals surface area contributed by atoms with Crippen molar-refractivity contribution >= 4 is 5.91 Å². The summed E-state index contributed by atoms with van der Waals surface area (Å²) < 4.78 is 0.